The average Bonchev–Trinajstić information content (AvgIpc) is 2.73. The summed E-state index contributed by atoms with van der Waals surface area (Å²) in [4.78, 5) is 12.4. The van der Waals surface area contributed by atoms with Crippen LogP contribution in [0.2, 0.25) is 10.0 Å². The van der Waals surface area contributed by atoms with Crippen molar-refractivity contribution in [3.8, 4) is 11.5 Å². The fourth-order valence-electron chi connectivity index (χ4n) is 2.73. The molecule has 0 saturated heterocycles. The van der Waals surface area contributed by atoms with Gasteiger partial charge in [-0.15, -0.1) is 0 Å². The molecule has 0 aromatic heterocycles. The van der Waals surface area contributed by atoms with Crippen molar-refractivity contribution in [3.05, 3.63) is 99.0 Å². The van der Waals surface area contributed by atoms with E-state index in [9.17, 15) is 4.79 Å². The smallest absolute Gasteiger partial charge is 0.185 e. The topological polar surface area (TPSA) is 35.5 Å². The maximum Gasteiger partial charge on any atom is 0.185 e. The largest absolute Gasteiger partial charge is 0.496 e. The highest BCUT2D eigenvalue weighted by atomic mass is 35.5. The summed E-state index contributed by atoms with van der Waals surface area (Å²) in [5.74, 6) is 1.36. The number of methoxy groups -OCH3 is 1. The molecule has 29 heavy (non-hydrogen) atoms. The van der Waals surface area contributed by atoms with Gasteiger partial charge in [0, 0.05) is 11.1 Å². The predicted molar refractivity (Wildman–Crippen MR) is 118 cm³/mol. The Labute approximate surface area is 180 Å². The van der Waals surface area contributed by atoms with Crippen molar-refractivity contribution in [2.75, 3.05) is 7.11 Å². The Hall–Kier alpha value is -2.75. The van der Waals surface area contributed by atoms with Crippen molar-refractivity contribution in [1.29, 1.82) is 0 Å². The summed E-state index contributed by atoms with van der Waals surface area (Å²) < 4.78 is 11.3. The van der Waals surface area contributed by atoms with Gasteiger partial charge in [0.05, 0.1) is 17.2 Å². The van der Waals surface area contributed by atoms with Crippen molar-refractivity contribution < 1.29 is 14.3 Å². The molecule has 0 heterocycles. The zero-order chi connectivity index (χ0) is 20.8. The monoisotopic (exact) mass is 426 g/mol. The van der Waals surface area contributed by atoms with E-state index in [1.807, 2.05) is 49.4 Å². The fraction of sp³-hybridized carbons (Fsp3) is 0.125. The number of benzene rings is 3. The van der Waals surface area contributed by atoms with Crippen molar-refractivity contribution in [1.82, 2.24) is 0 Å². The maximum absolute atomic E-state index is 12.4. The predicted octanol–water partition coefficient (Wildman–Crippen LogP) is 6.79. The summed E-state index contributed by atoms with van der Waals surface area (Å²) in [6.45, 7) is 2.39. The van der Waals surface area contributed by atoms with E-state index in [0.29, 0.717) is 22.2 Å². The van der Waals surface area contributed by atoms with Crippen molar-refractivity contribution in [2.45, 2.75) is 13.5 Å². The number of rotatable bonds is 7. The van der Waals surface area contributed by atoms with E-state index in [1.54, 1.807) is 31.4 Å². The molecule has 0 spiro atoms. The van der Waals surface area contributed by atoms with E-state index >= 15 is 0 Å². The minimum atomic E-state index is -0.156. The van der Waals surface area contributed by atoms with Gasteiger partial charge in [-0.25, -0.2) is 0 Å². The van der Waals surface area contributed by atoms with Crippen LogP contribution in [-0.2, 0) is 6.61 Å². The molecule has 0 atom stereocenters. The first-order valence-electron chi connectivity index (χ1n) is 9.00. The standard InChI is InChI=1S/C24H20Cl2O3/c1-16-3-8-20(9-4-16)29-15-19-13-17(6-12-24(19)28-2)5-11-23(27)18-7-10-21(25)22(26)14-18/h3-14H,15H2,1-2H3/b11-5+. The summed E-state index contributed by atoms with van der Waals surface area (Å²) in [5.41, 5.74) is 3.40. The Kier molecular flexibility index (Phi) is 6.97. The van der Waals surface area contributed by atoms with Crippen LogP contribution in [0.4, 0.5) is 0 Å². The van der Waals surface area contributed by atoms with Crippen LogP contribution in [0, 0.1) is 6.92 Å². The zero-order valence-corrected chi connectivity index (χ0v) is 17.6. The van der Waals surface area contributed by atoms with Gasteiger partial charge < -0.3 is 9.47 Å². The normalized spacial score (nSPS) is 10.9. The molecule has 5 heteroatoms. The number of carbonyl (C=O) groups is 1. The quantitative estimate of drug-likeness (QED) is 0.308. The summed E-state index contributed by atoms with van der Waals surface area (Å²) in [7, 11) is 1.62. The first-order chi connectivity index (χ1) is 14.0. The lowest BCUT2D eigenvalue weighted by molar-refractivity contribution is 0.104. The molecule has 0 aliphatic rings. The lowest BCUT2D eigenvalue weighted by Gasteiger charge is -2.11. The minimum absolute atomic E-state index is 0.156. The van der Waals surface area contributed by atoms with Crippen LogP contribution in [0.25, 0.3) is 6.08 Å². The molecule has 0 fully saturated rings. The SMILES string of the molecule is COc1ccc(/C=C/C(=O)c2ccc(Cl)c(Cl)c2)cc1COc1ccc(C)cc1. The van der Waals surface area contributed by atoms with Gasteiger partial charge >= 0.3 is 0 Å². The molecule has 0 aliphatic heterocycles. The molecule has 3 rings (SSSR count). The number of hydrogen-bond donors (Lipinski definition) is 0. The number of aryl methyl sites for hydroxylation is 1. The Balaban J connectivity index is 1.74. The number of carbonyl (C=O) groups excluding carboxylic acids is 1. The Morgan fingerprint density at radius 3 is 2.41 bits per heavy atom. The van der Waals surface area contributed by atoms with E-state index in [1.165, 1.54) is 11.6 Å². The van der Waals surface area contributed by atoms with Gasteiger partial charge in [0.2, 0.25) is 0 Å². The van der Waals surface area contributed by atoms with E-state index in [-0.39, 0.29) is 5.78 Å². The highest BCUT2D eigenvalue weighted by Crippen LogP contribution is 2.25. The zero-order valence-electron chi connectivity index (χ0n) is 16.1. The highest BCUT2D eigenvalue weighted by Gasteiger charge is 2.07. The van der Waals surface area contributed by atoms with E-state index in [2.05, 4.69) is 0 Å². The fourth-order valence-corrected chi connectivity index (χ4v) is 3.03. The van der Waals surface area contributed by atoms with Gasteiger partial charge in [-0.1, -0.05) is 53.0 Å². The first kappa shape index (κ1) is 21.0. The van der Waals surface area contributed by atoms with Crippen molar-refractivity contribution in [3.63, 3.8) is 0 Å². The second-order valence-corrected chi connectivity index (χ2v) is 7.31. The van der Waals surface area contributed by atoms with Crippen LogP contribution in [0.3, 0.4) is 0 Å². The van der Waals surface area contributed by atoms with Gasteiger partial charge in [0.1, 0.15) is 18.1 Å². The van der Waals surface area contributed by atoms with Crippen LogP contribution in [0.15, 0.2) is 66.7 Å². The van der Waals surface area contributed by atoms with Crippen LogP contribution in [-0.4, -0.2) is 12.9 Å². The van der Waals surface area contributed by atoms with E-state index in [4.69, 9.17) is 32.7 Å². The van der Waals surface area contributed by atoms with Crippen LogP contribution in [0.5, 0.6) is 11.5 Å². The third-order valence-corrected chi connectivity index (χ3v) is 5.09. The Morgan fingerprint density at radius 1 is 0.966 bits per heavy atom. The summed E-state index contributed by atoms with van der Waals surface area (Å²) in [6, 6.07) is 18.4. The molecule has 0 bridgehead atoms. The molecule has 3 aromatic carbocycles. The summed E-state index contributed by atoms with van der Waals surface area (Å²) >= 11 is 11.9. The molecule has 0 amide bonds. The third-order valence-electron chi connectivity index (χ3n) is 4.35. The van der Waals surface area contributed by atoms with E-state index < -0.39 is 0 Å². The second-order valence-electron chi connectivity index (χ2n) is 6.50. The molecule has 0 N–H and O–H groups in total. The van der Waals surface area contributed by atoms with Crippen LogP contribution in [0.1, 0.15) is 27.0 Å². The van der Waals surface area contributed by atoms with Gasteiger partial charge in [0.15, 0.2) is 5.78 Å². The summed E-state index contributed by atoms with van der Waals surface area (Å²) in [5, 5.41) is 0.770. The number of hydrogen-bond acceptors (Lipinski definition) is 3. The third kappa shape index (κ3) is 5.63. The Bertz CT molecular complexity index is 1040. The van der Waals surface area contributed by atoms with Crippen molar-refractivity contribution in [2.24, 2.45) is 0 Å². The van der Waals surface area contributed by atoms with Crippen LogP contribution >= 0.6 is 23.2 Å². The van der Waals surface area contributed by atoms with Gasteiger partial charge in [-0.05, 0) is 61.0 Å². The molecule has 0 saturated carbocycles. The van der Waals surface area contributed by atoms with Gasteiger partial charge in [0.25, 0.3) is 0 Å². The van der Waals surface area contributed by atoms with Gasteiger partial charge in [-0.2, -0.15) is 0 Å². The lowest BCUT2D eigenvalue weighted by atomic mass is 10.1. The number of allylic oxidation sites excluding steroid dienone is 1. The molecular formula is C24H20Cl2O3. The molecule has 0 radical (unpaired) electrons. The number of ketones is 1. The maximum atomic E-state index is 12.4. The molecule has 3 nitrogen and oxygen atoms in total. The average molecular weight is 427 g/mol. The summed E-state index contributed by atoms with van der Waals surface area (Å²) in [6.07, 6.45) is 3.26. The van der Waals surface area contributed by atoms with Gasteiger partial charge in [-0.3, -0.25) is 4.79 Å². The Morgan fingerprint density at radius 2 is 1.72 bits per heavy atom. The molecule has 148 valence electrons. The van der Waals surface area contributed by atoms with E-state index in [0.717, 1.165) is 22.6 Å². The minimum Gasteiger partial charge on any atom is -0.496 e. The number of halogens is 2. The second kappa shape index (κ2) is 9.64. The molecule has 3 aromatic rings. The molecule has 0 aliphatic carbocycles. The molecule has 0 unspecified atom stereocenters. The molecular weight excluding hydrogens is 407 g/mol. The van der Waals surface area contributed by atoms with Crippen molar-refractivity contribution >= 4 is 35.1 Å². The van der Waals surface area contributed by atoms with Crippen LogP contribution < -0.4 is 9.47 Å². The highest BCUT2D eigenvalue weighted by molar-refractivity contribution is 6.42. The lowest BCUT2D eigenvalue weighted by Crippen LogP contribution is -1.99. The number of ether oxygens (including phenoxy) is 2. The first-order valence-corrected chi connectivity index (χ1v) is 9.75.